The molecule has 0 aromatic heterocycles. The summed E-state index contributed by atoms with van der Waals surface area (Å²) in [6.45, 7) is 6.35. The fourth-order valence-corrected chi connectivity index (χ4v) is 1.49. The quantitative estimate of drug-likeness (QED) is 0.758. The maximum Gasteiger partial charge on any atom is 0.321 e. The first kappa shape index (κ1) is 14.0. The first-order valence-corrected chi connectivity index (χ1v) is 5.92. The minimum Gasteiger partial charge on any atom is -0.376 e. The van der Waals surface area contributed by atoms with Crippen molar-refractivity contribution in [2.75, 3.05) is 18.4 Å². The van der Waals surface area contributed by atoms with Gasteiger partial charge in [-0.15, -0.1) is 0 Å². The molecule has 0 aliphatic heterocycles. The smallest absolute Gasteiger partial charge is 0.321 e. The van der Waals surface area contributed by atoms with Crippen molar-refractivity contribution in [1.82, 2.24) is 10.6 Å². The van der Waals surface area contributed by atoms with Gasteiger partial charge >= 0.3 is 6.03 Å². The Morgan fingerprint density at radius 1 is 1.22 bits per heavy atom. The highest BCUT2D eigenvalue weighted by Crippen LogP contribution is 2.17. The molecule has 0 aliphatic carbocycles. The fourth-order valence-electron chi connectivity index (χ4n) is 1.49. The van der Waals surface area contributed by atoms with Gasteiger partial charge in [0.1, 0.15) is 0 Å². The van der Waals surface area contributed by atoms with Gasteiger partial charge in [-0.3, -0.25) is 10.1 Å². The lowest BCUT2D eigenvalue weighted by atomic mass is 10.1. The van der Waals surface area contributed by atoms with Gasteiger partial charge in [-0.2, -0.15) is 0 Å². The summed E-state index contributed by atoms with van der Waals surface area (Å²) in [6, 6.07) is 5.37. The van der Waals surface area contributed by atoms with Gasteiger partial charge in [-0.05, 0) is 38.0 Å². The Bertz CT molecular complexity index is 444. The molecular formula is C13H19N3O2. The second kappa shape index (κ2) is 6.64. The van der Waals surface area contributed by atoms with Crippen LogP contribution in [0.25, 0.3) is 0 Å². The number of benzene rings is 1. The maximum atomic E-state index is 11.5. The van der Waals surface area contributed by atoms with E-state index in [1.165, 1.54) is 0 Å². The number of anilines is 1. The van der Waals surface area contributed by atoms with Crippen LogP contribution in [0.5, 0.6) is 0 Å². The predicted octanol–water partition coefficient (Wildman–Crippen LogP) is 1.56. The molecule has 5 heteroatoms. The first-order valence-electron chi connectivity index (χ1n) is 5.92. The topological polar surface area (TPSA) is 70.2 Å². The molecular weight excluding hydrogens is 230 g/mol. The normalized spacial score (nSPS) is 9.72. The van der Waals surface area contributed by atoms with E-state index in [-0.39, 0.29) is 12.5 Å². The predicted molar refractivity (Wildman–Crippen MR) is 71.6 cm³/mol. The number of rotatable bonds is 4. The zero-order valence-corrected chi connectivity index (χ0v) is 11.0. The molecule has 0 radical (unpaired) electrons. The van der Waals surface area contributed by atoms with E-state index in [1.54, 1.807) is 6.92 Å². The summed E-state index contributed by atoms with van der Waals surface area (Å²) < 4.78 is 0. The van der Waals surface area contributed by atoms with E-state index < -0.39 is 6.03 Å². The van der Waals surface area contributed by atoms with Crippen molar-refractivity contribution in [3.63, 3.8) is 0 Å². The molecule has 18 heavy (non-hydrogen) atoms. The van der Waals surface area contributed by atoms with E-state index in [9.17, 15) is 9.59 Å². The number of urea groups is 1. The summed E-state index contributed by atoms with van der Waals surface area (Å²) in [4.78, 5) is 22.6. The summed E-state index contributed by atoms with van der Waals surface area (Å²) in [5.41, 5.74) is 3.16. The Morgan fingerprint density at radius 3 is 2.61 bits per heavy atom. The standard InChI is InChI=1S/C13H19N3O2/c1-4-14-13(18)16-12(17)8-15-11-7-5-6-9(2)10(11)3/h5-7,15H,4,8H2,1-3H3,(H2,14,16,17,18). The third kappa shape index (κ3) is 4.08. The van der Waals surface area contributed by atoms with E-state index in [0.717, 1.165) is 16.8 Å². The van der Waals surface area contributed by atoms with E-state index in [1.807, 2.05) is 32.0 Å². The highest BCUT2D eigenvalue weighted by Gasteiger charge is 2.07. The van der Waals surface area contributed by atoms with Crippen LogP contribution >= 0.6 is 0 Å². The van der Waals surface area contributed by atoms with Crippen molar-refractivity contribution >= 4 is 17.6 Å². The zero-order valence-electron chi connectivity index (χ0n) is 11.0. The molecule has 0 unspecified atom stereocenters. The lowest BCUT2D eigenvalue weighted by molar-refractivity contribution is -0.118. The number of hydrogen-bond donors (Lipinski definition) is 3. The minimum atomic E-state index is -0.467. The van der Waals surface area contributed by atoms with Gasteiger partial charge in [0.25, 0.3) is 0 Å². The molecule has 5 nitrogen and oxygen atoms in total. The van der Waals surface area contributed by atoms with Crippen LogP contribution < -0.4 is 16.0 Å². The van der Waals surface area contributed by atoms with Crippen LogP contribution in [0.2, 0.25) is 0 Å². The number of hydrogen-bond acceptors (Lipinski definition) is 3. The van der Waals surface area contributed by atoms with Crippen LogP contribution in [0.1, 0.15) is 18.1 Å². The van der Waals surface area contributed by atoms with Gasteiger partial charge in [0.05, 0.1) is 6.54 Å². The molecule has 1 aromatic carbocycles. The number of aryl methyl sites for hydroxylation is 1. The zero-order chi connectivity index (χ0) is 13.5. The lowest BCUT2D eigenvalue weighted by Gasteiger charge is -2.11. The maximum absolute atomic E-state index is 11.5. The Balaban J connectivity index is 2.48. The van der Waals surface area contributed by atoms with Crippen LogP contribution in [-0.4, -0.2) is 25.0 Å². The van der Waals surface area contributed by atoms with Crippen molar-refractivity contribution in [2.45, 2.75) is 20.8 Å². The molecule has 0 saturated carbocycles. The summed E-state index contributed by atoms with van der Waals surface area (Å²) in [5.74, 6) is -0.359. The van der Waals surface area contributed by atoms with Gasteiger partial charge in [0, 0.05) is 12.2 Å². The molecule has 1 rings (SSSR count). The molecule has 0 spiro atoms. The average molecular weight is 249 g/mol. The van der Waals surface area contributed by atoms with Gasteiger partial charge in [0.15, 0.2) is 0 Å². The molecule has 98 valence electrons. The van der Waals surface area contributed by atoms with Crippen LogP contribution in [0, 0.1) is 13.8 Å². The monoisotopic (exact) mass is 249 g/mol. The molecule has 0 saturated heterocycles. The van der Waals surface area contributed by atoms with Gasteiger partial charge < -0.3 is 10.6 Å². The highest BCUT2D eigenvalue weighted by molar-refractivity contribution is 5.96. The largest absolute Gasteiger partial charge is 0.376 e. The minimum absolute atomic E-state index is 0.0709. The highest BCUT2D eigenvalue weighted by atomic mass is 16.2. The van der Waals surface area contributed by atoms with E-state index in [4.69, 9.17) is 0 Å². The summed E-state index contributed by atoms with van der Waals surface area (Å²) >= 11 is 0. The Kier molecular flexibility index (Phi) is 5.17. The van der Waals surface area contributed by atoms with Crippen molar-refractivity contribution < 1.29 is 9.59 Å². The van der Waals surface area contributed by atoms with Crippen molar-refractivity contribution in [2.24, 2.45) is 0 Å². The molecule has 0 atom stereocenters. The van der Waals surface area contributed by atoms with Crippen molar-refractivity contribution in [1.29, 1.82) is 0 Å². The molecule has 3 N–H and O–H groups in total. The molecule has 0 fully saturated rings. The number of carbonyl (C=O) groups excluding carboxylic acids is 2. The van der Waals surface area contributed by atoms with Gasteiger partial charge in [0.2, 0.25) is 5.91 Å². The number of amides is 3. The molecule has 0 heterocycles. The Morgan fingerprint density at radius 2 is 1.94 bits per heavy atom. The molecule has 1 aromatic rings. The summed E-state index contributed by atoms with van der Waals surface area (Å²) in [7, 11) is 0. The Hall–Kier alpha value is -2.04. The second-order valence-electron chi connectivity index (χ2n) is 4.01. The van der Waals surface area contributed by atoms with Crippen LogP contribution in [0.3, 0.4) is 0 Å². The van der Waals surface area contributed by atoms with E-state index in [0.29, 0.717) is 6.54 Å². The van der Waals surface area contributed by atoms with E-state index >= 15 is 0 Å². The molecule has 0 aliphatic rings. The number of carbonyl (C=O) groups is 2. The fraction of sp³-hybridized carbons (Fsp3) is 0.385. The lowest BCUT2D eigenvalue weighted by Crippen LogP contribution is -2.41. The second-order valence-corrected chi connectivity index (χ2v) is 4.01. The van der Waals surface area contributed by atoms with Crippen LogP contribution in [-0.2, 0) is 4.79 Å². The third-order valence-electron chi connectivity index (χ3n) is 2.63. The molecule has 3 amide bonds. The average Bonchev–Trinajstić information content (AvgIpc) is 2.31. The Labute approximate surface area is 107 Å². The van der Waals surface area contributed by atoms with Gasteiger partial charge in [-0.1, -0.05) is 12.1 Å². The number of imide groups is 1. The summed E-state index contributed by atoms with van der Waals surface area (Å²) in [6.07, 6.45) is 0. The third-order valence-corrected chi connectivity index (χ3v) is 2.63. The first-order chi connectivity index (χ1) is 8.54. The van der Waals surface area contributed by atoms with Gasteiger partial charge in [-0.25, -0.2) is 4.79 Å². The van der Waals surface area contributed by atoms with Crippen LogP contribution in [0.4, 0.5) is 10.5 Å². The summed E-state index contributed by atoms with van der Waals surface area (Å²) in [5, 5.41) is 7.74. The molecule has 0 bridgehead atoms. The number of nitrogens with one attached hydrogen (secondary N) is 3. The van der Waals surface area contributed by atoms with E-state index in [2.05, 4.69) is 16.0 Å². The van der Waals surface area contributed by atoms with Crippen molar-refractivity contribution in [3.8, 4) is 0 Å². The SMILES string of the molecule is CCNC(=O)NC(=O)CNc1cccc(C)c1C. The van der Waals surface area contributed by atoms with Crippen LogP contribution in [0.15, 0.2) is 18.2 Å². The van der Waals surface area contributed by atoms with Crippen molar-refractivity contribution in [3.05, 3.63) is 29.3 Å².